The van der Waals surface area contributed by atoms with Crippen LogP contribution in [-0.4, -0.2) is 65.4 Å². The molecule has 35 heavy (non-hydrogen) atoms. The van der Waals surface area contributed by atoms with Crippen molar-refractivity contribution in [3.05, 3.63) is 30.3 Å². The first-order valence-corrected chi connectivity index (χ1v) is 13.9. The number of primary sulfonamides is 1. The molecule has 0 saturated carbocycles. The summed E-state index contributed by atoms with van der Waals surface area (Å²) in [6.07, 6.45) is 0.826. The van der Waals surface area contributed by atoms with Gasteiger partial charge >= 0.3 is 0 Å². The van der Waals surface area contributed by atoms with Crippen LogP contribution in [0.1, 0.15) is 13.3 Å². The number of tetrazole rings is 1. The minimum atomic E-state index is -4.56. The Morgan fingerprint density at radius 1 is 1.11 bits per heavy atom. The first-order chi connectivity index (χ1) is 16.6. The van der Waals surface area contributed by atoms with Gasteiger partial charge in [-0.25, -0.2) is 27.0 Å². The Labute approximate surface area is 200 Å². The van der Waals surface area contributed by atoms with Crippen molar-refractivity contribution in [1.29, 1.82) is 0 Å². The zero-order valence-corrected chi connectivity index (χ0v) is 20.3. The fourth-order valence-electron chi connectivity index (χ4n) is 4.29. The molecule has 0 spiro atoms. The van der Waals surface area contributed by atoms with Gasteiger partial charge in [-0.1, -0.05) is 25.1 Å². The van der Waals surface area contributed by atoms with Gasteiger partial charge in [-0.3, -0.25) is 0 Å². The quantitative estimate of drug-likeness (QED) is 0.263. The summed E-state index contributed by atoms with van der Waals surface area (Å²) in [4.78, 5) is 3.53. The first-order valence-electron chi connectivity index (χ1n) is 10.8. The zero-order chi connectivity index (χ0) is 25.0. The predicted molar refractivity (Wildman–Crippen MR) is 128 cm³/mol. The van der Waals surface area contributed by atoms with Gasteiger partial charge in [-0.2, -0.15) is 5.21 Å². The van der Waals surface area contributed by atoms with Crippen LogP contribution in [0.4, 0.5) is 5.95 Å². The second-order valence-corrected chi connectivity index (χ2v) is 11.9. The smallest absolute Gasteiger partial charge is 0.240 e. The molecule has 5 rings (SSSR count). The largest absolute Gasteiger partial charge is 0.369 e. The first kappa shape index (κ1) is 23.3. The van der Waals surface area contributed by atoms with Crippen LogP contribution in [0.15, 0.2) is 40.1 Å². The van der Waals surface area contributed by atoms with Gasteiger partial charge in [-0.05, 0) is 29.3 Å². The highest BCUT2D eigenvalue weighted by atomic mass is 32.2. The lowest BCUT2D eigenvalue weighted by molar-refractivity contribution is 0.493. The number of nitrogen functional groups attached to an aromatic ring is 1. The number of benzene rings is 2. The standard InChI is InChI=1S/C20H23N9O4S2/c1-2-8-29-14-5-3-4-13(17(14)24-20(29)21)12-6-7-15(34(30,31)11-9-23-10-11)18(35(22,32)33)16(12)19-25-27-28-26-19/h3-7,11,23H,2,8-10H2,1H3,(H2,21,24)(H2,22,32,33)(H,25,26,27,28). The van der Waals surface area contributed by atoms with Crippen LogP contribution < -0.4 is 16.2 Å². The zero-order valence-electron chi connectivity index (χ0n) is 18.6. The van der Waals surface area contributed by atoms with E-state index in [1.165, 1.54) is 12.1 Å². The van der Waals surface area contributed by atoms with Gasteiger partial charge in [0.25, 0.3) is 0 Å². The van der Waals surface area contributed by atoms with Crippen molar-refractivity contribution in [2.45, 2.75) is 34.9 Å². The molecule has 3 heterocycles. The number of imidazole rings is 1. The van der Waals surface area contributed by atoms with Crippen LogP contribution in [0.25, 0.3) is 33.5 Å². The van der Waals surface area contributed by atoms with E-state index in [1.807, 2.05) is 17.6 Å². The summed E-state index contributed by atoms with van der Waals surface area (Å²) in [5, 5.41) is 21.5. The van der Waals surface area contributed by atoms with E-state index in [1.54, 1.807) is 12.1 Å². The lowest BCUT2D eigenvalue weighted by Gasteiger charge is -2.28. The van der Waals surface area contributed by atoms with E-state index in [9.17, 15) is 16.8 Å². The topological polar surface area (TPSA) is 205 Å². The Morgan fingerprint density at radius 3 is 2.49 bits per heavy atom. The van der Waals surface area contributed by atoms with Crippen molar-refractivity contribution in [2.24, 2.45) is 5.14 Å². The molecule has 0 atom stereocenters. The fraction of sp³-hybridized carbons (Fsp3) is 0.300. The van der Waals surface area contributed by atoms with Crippen molar-refractivity contribution < 1.29 is 16.8 Å². The monoisotopic (exact) mass is 517 g/mol. The van der Waals surface area contributed by atoms with Gasteiger partial charge in [-0.15, -0.1) is 10.2 Å². The number of sulfone groups is 1. The fourth-order valence-corrected chi connectivity index (χ4v) is 7.47. The molecule has 15 heteroatoms. The Kier molecular flexibility index (Phi) is 5.58. The van der Waals surface area contributed by atoms with Crippen LogP contribution in [0.2, 0.25) is 0 Å². The maximum Gasteiger partial charge on any atom is 0.240 e. The summed E-state index contributed by atoms with van der Waals surface area (Å²) in [6.45, 7) is 3.06. The molecule has 1 saturated heterocycles. The third-order valence-corrected chi connectivity index (χ3v) is 9.30. The van der Waals surface area contributed by atoms with Crippen molar-refractivity contribution in [1.82, 2.24) is 35.5 Å². The van der Waals surface area contributed by atoms with Gasteiger partial charge in [0.1, 0.15) is 4.90 Å². The minimum absolute atomic E-state index is 0.0780. The van der Waals surface area contributed by atoms with Crippen LogP contribution in [-0.2, 0) is 26.4 Å². The number of nitrogens with zero attached hydrogens (tertiary/aromatic N) is 5. The Hall–Kier alpha value is -3.40. The molecule has 1 aliphatic heterocycles. The van der Waals surface area contributed by atoms with Gasteiger partial charge in [0, 0.05) is 25.2 Å². The molecule has 0 amide bonds. The van der Waals surface area contributed by atoms with E-state index in [0.29, 0.717) is 29.1 Å². The maximum atomic E-state index is 13.3. The van der Waals surface area contributed by atoms with Crippen molar-refractivity contribution >= 4 is 36.8 Å². The average molecular weight is 518 g/mol. The Morgan fingerprint density at radius 2 is 1.89 bits per heavy atom. The lowest BCUT2D eigenvalue weighted by Crippen LogP contribution is -2.51. The molecule has 0 unspecified atom stereocenters. The molecule has 1 fully saturated rings. The lowest BCUT2D eigenvalue weighted by atomic mass is 9.98. The molecular formula is C20H23N9O4S2. The molecule has 2 aromatic carbocycles. The summed E-state index contributed by atoms with van der Waals surface area (Å²) in [5.74, 6) is 0.185. The Bertz CT molecular complexity index is 1640. The number of hydrogen-bond acceptors (Lipinski definition) is 10. The highest BCUT2D eigenvalue weighted by Crippen LogP contribution is 2.42. The summed E-state index contributed by atoms with van der Waals surface area (Å²) in [6, 6.07) is 8.16. The van der Waals surface area contributed by atoms with Gasteiger partial charge in [0.05, 0.1) is 26.7 Å². The summed E-state index contributed by atoms with van der Waals surface area (Å²) < 4.78 is 54.3. The van der Waals surface area contributed by atoms with E-state index < -0.39 is 34.9 Å². The number of sulfonamides is 1. The summed E-state index contributed by atoms with van der Waals surface area (Å²) in [7, 11) is -8.59. The van der Waals surface area contributed by atoms with Crippen LogP contribution in [0, 0.1) is 0 Å². The van der Waals surface area contributed by atoms with Gasteiger partial charge < -0.3 is 15.6 Å². The number of H-pyrrole nitrogens is 1. The number of para-hydroxylation sites is 1. The van der Waals surface area contributed by atoms with Gasteiger partial charge in [0.2, 0.25) is 21.8 Å². The second kappa shape index (κ2) is 8.37. The van der Waals surface area contributed by atoms with Crippen molar-refractivity contribution in [2.75, 3.05) is 18.8 Å². The van der Waals surface area contributed by atoms with Crippen LogP contribution >= 0.6 is 0 Å². The molecular weight excluding hydrogens is 494 g/mol. The molecule has 1 aliphatic rings. The van der Waals surface area contributed by atoms with Crippen molar-refractivity contribution in [3.63, 3.8) is 0 Å². The number of aromatic nitrogens is 6. The number of hydrogen-bond donors (Lipinski definition) is 4. The third-order valence-electron chi connectivity index (χ3n) is 6.01. The number of nitrogens with two attached hydrogens (primary N) is 2. The number of rotatable bonds is 7. The predicted octanol–water partition coefficient (Wildman–Crippen LogP) is 0.269. The highest BCUT2D eigenvalue weighted by molar-refractivity contribution is 7.94. The molecule has 184 valence electrons. The van der Waals surface area contributed by atoms with E-state index in [4.69, 9.17) is 10.9 Å². The number of anilines is 1. The minimum Gasteiger partial charge on any atom is -0.369 e. The summed E-state index contributed by atoms with van der Waals surface area (Å²) in [5.41, 5.74) is 8.19. The molecule has 0 radical (unpaired) electrons. The Balaban J connectivity index is 1.88. The van der Waals surface area contributed by atoms with E-state index in [-0.39, 0.29) is 24.5 Å². The van der Waals surface area contributed by atoms with E-state index in [2.05, 4.69) is 30.9 Å². The SMILES string of the molecule is CCCn1c(N)nc2c(-c3ccc(S(=O)(=O)C4CNC4)c(S(N)(=O)=O)c3-c3nn[nH]n3)cccc21. The molecule has 6 N–H and O–H groups in total. The number of fused-ring (bicyclic) bond motifs is 1. The normalized spacial score (nSPS) is 14.9. The molecule has 2 aromatic heterocycles. The van der Waals surface area contributed by atoms with Crippen LogP contribution in [0.3, 0.4) is 0 Å². The van der Waals surface area contributed by atoms with Gasteiger partial charge in [0.15, 0.2) is 9.84 Å². The number of aryl methyl sites for hydroxylation is 1. The molecule has 0 bridgehead atoms. The molecule has 0 aliphatic carbocycles. The molecule has 13 nitrogen and oxygen atoms in total. The number of nitrogens with one attached hydrogen (secondary N) is 2. The third kappa shape index (κ3) is 3.76. The molecule has 4 aromatic rings. The second-order valence-electron chi connectivity index (χ2n) is 8.22. The highest BCUT2D eigenvalue weighted by Gasteiger charge is 2.39. The maximum absolute atomic E-state index is 13.3. The summed E-state index contributed by atoms with van der Waals surface area (Å²) >= 11 is 0. The van der Waals surface area contributed by atoms with E-state index in [0.717, 1.165) is 11.9 Å². The van der Waals surface area contributed by atoms with E-state index >= 15 is 0 Å². The van der Waals surface area contributed by atoms with Crippen molar-refractivity contribution in [3.8, 4) is 22.5 Å². The number of aromatic amines is 1. The average Bonchev–Trinajstić information content (AvgIpc) is 3.39. The van der Waals surface area contributed by atoms with Crippen LogP contribution in [0.5, 0.6) is 0 Å².